The zero-order valence-electron chi connectivity index (χ0n) is 21.5. The molecule has 0 radical (unpaired) electrons. The van der Waals surface area contributed by atoms with Gasteiger partial charge in [-0.2, -0.15) is 5.10 Å². The number of nitrogens with zero attached hydrogens (tertiary/aromatic N) is 2. The number of nitrogens with one attached hydrogen (secondary N) is 1. The summed E-state index contributed by atoms with van der Waals surface area (Å²) >= 11 is 0. The molecule has 36 heavy (non-hydrogen) atoms. The Morgan fingerprint density at radius 1 is 1.11 bits per heavy atom. The van der Waals surface area contributed by atoms with Crippen molar-refractivity contribution >= 4 is 17.6 Å². The maximum Gasteiger partial charge on any atom is 0.341 e. The molecule has 0 amide bonds. The molecule has 7 heteroatoms. The first-order valence-electron chi connectivity index (χ1n) is 12.6. The highest BCUT2D eigenvalue weighted by Gasteiger charge is 2.38. The van der Waals surface area contributed by atoms with Crippen molar-refractivity contribution in [2.24, 2.45) is 0 Å². The lowest BCUT2D eigenvalue weighted by atomic mass is 9.71. The summed E-state index contributed by atoms with van der Waals surface area (Å²) in [4.78, 5) is 24.6. The Balaban J connectivity index is 1.60. The van der Waals surface area contributed by atoms with Gasteiger partial charge in [-0.1, -0.05) is 56.3 Å². The van der Waals surface area contributed by atoms with Crippen molar-refractivity contribution in [2.45, 2.75) is 70.4 Å². The van der Waals surface area contributed by atoms with Gasteiger partial charge < -0.3 is 15.2 Å². The summed E-state index contributed by atoms with van der Waals surface area (Å²) in [6.45, 7) is 8.14. The molecule has 0 saturated heterocycles. The van der Waals surface area contributed by atoms with Crippen molar-refractivity contribution in [1.82, 2.24) is 9.78 Å². The number of ketones is 1. The van der Waals surface area contributed by atoms with Crippen molar-refractivity contribution in [3.8, 4) is 5.75 Å². The zero-order chi connectivity index (χ0) is 25.9. The van der Waals surface area contributed by atoms with Crippen LogP contribution in [0.25, 0.3) is 0 Å². The molecule has 1 aromatic heterocycles. The summed E-state index contributed by atoms with van der Waals surface area (Å²) in [6.07, 6.45) is 4.51. The van der Waals surface area contributed by atoms with E-state index in [4.69, 9.17) is 9.84 Å². The molecule has 0 spiro atoms. The van der Waals surface area contributed by atoms with E-state index in [2.05, 4.69) is 50.2 Å². The summed E-state index contributed by atoms with van der Waals surface area (Å²) in [5.74, 6) is 0.321. The van der Waals surface area contributed by atoms with Crippen LogP contribution in [-0.4, -0.2) is 33.2 Å². The second-order valence-electron chi connectivity index (χ2n) is 10.2. The van der Waals surface area contributed by atoms with Crippen LogP contribution < -0.4 is 10.1 Å². The number of carbonyl (C=O) groups excluding carboxylic acids is 1. The number of rotatable bonds is 10. The monoisotopic (exact) mass is 489 g/mol. The fourth-order valence-electron chi connectivity index (χ4n) is 5.30. The van der Waals surface area contributed by atoms with Gasteiger partial charge >= 0.3 is 5.97 Å². The van der Waals surface area contributed by atoms with Gasteiger partial charge in [-0.25, -0.2) is 9.48 Å². The Bertz CT molecular complexity index is 1210. The number of aromatic nitrogens is 2. The van der Waals surface area contributed by atoms with Crippen molar-refractivity contribution in [1.29, 1.82) is 0 Å². The zero-order valence-corrected chi connectivity index (χ0v) is 21.5. The van der Waals surface area contributed by atoms with Crippen LogP contribution in [0.1, 0.15) is 80.9 Å². The van der Waals surface area contributed by atoms with E-state index in [1.54, 1.807) is 18.3 Å². The number of aliphatic carboxylic acids is 1. The van der Waals surface area contributed by atoms with Gasteiger partial charge in [0.25, 0.3) is 0 Å². The van der Waals surface area contributed by atoms with Crippen molar-refractivity contribution in [2.75, 3.05) is 11.9 Å². The van der Waals surface area contributed by atoms with Crippen LogP contribution >= 0.6 is 0 Å². The highest BCUT2D eigenvalue weighted by molar-refractivity contribution is 6.01. The van der Waals surface area contributed by atoms with E-state index in [-0.39, 0.29) is 29.4 Å². The minimum absolute atomic E-state index is 0.0585. The number of Topliss-reactive ketones (excluding diaryl/α,β-unsaturated/α-hetero) is 1. The third-order valence-corrected chi connectivity index (χ3v) is 7.54. The van der Waals surface area contributed by atoms with Gasteiger partial charge in [-0.3, -0.25) is 4.79 Å². The fourth-order valence-corrected chi connectivity index (χ4v) is 5.30. The van der Waals surface area contributed by atoms with Gasteiger partial charge in [0.15, 0.2) is 12.4 Å². The third-order valence-electron chi connectivity index (χ3n) is 7.54. The van der Waals surface area contributed by atoms with E-state index in [0.29, 0.717) is 17.7 Å². The largest absolute Gasteiger partial charge is 0.482 e. The lowest BCUT2D eigenvalue weighted by Crippen LogP contribution is -2.38. The first kappa shape index (κ1) is 25.5. The van der Waals surface area contributed by atoms with Crippen LogP contribution in [0.5, 0.6) is 5.75 Å². The number of fused-ring (bicyclic) bond motifs is 1. The highest BCUT2D eigenvalue weighted by atomic mass is 16.5. The number of carbonyl (C=O) groups is 2. The average Bonchev–Trinajstić information content (AvgIpc) is 3.32. The van der Waals surface area contributed by atoms with Gasteiger partial charge in [-0.15, -0.1) is 0 Å². The Hall–Kier alpha value is -3.61. The third kappa shape index (κ3) is 5.01. The number of anilines is 1. The first-order chi connectivity index (χ1) is 17.2. The topological polar surface area (TPSA) is 93.5 Å². The van der Waals surface area contributed by atoms with Gasteiger partial charge in [0.1, 0.15) is 11.6 Å². The predicted octanol–water partition coefficient (Wildman–Crippen LogP) is 5.97. The number of carboxylic acids is 1. The molecule has 0 fully saturated rings. The normalized spacial score (nSPS) is 16.6. The van der Waals surface area contributed by atoms with Crippen molar-refractivity contribution in [3.05, 3.63) is 77.5 Å². The smallest absolute Gasteiger partial charge is 0.341 e. The van der Waals surface area contributed by atoms with E-state index >= 15 is 0 Å². The van der Waals surface area contributed by atoms with Gasteiger partial charge in [-0.05, 0) is 56.4 Å². The number of hydrogen-bond donors (Lipinski definition) is 2. The molecular weight excluding hydrogens is 454 g/mol. The Morgan fingerprint density at radius 2 is 1.78 bits per heavy atom. The summed E-state index contributed by atoms with van der Waals surface area (Å²) in [5.41, 5.74) is 2.27. The predicted molar refractivity (Wildman–Crippen MR) is 140 cm³/mol. The van der Waals surface area contributed by atoms with Crippen LogP contribution in [0.4, 0.5) is 5.82 Å². The van der Waals surface area contributed by atoms with Crippen LogP contribution in [0, 0.1) is 0 Å². The molecule has 7 nitrogen and oxygen atoms in total. The Morgan fingerprint density at radius 3 is 2.39 bits per heavy atom. The van der Waals surface area contributed by atoms with Crippen LogP contribution in [0.3, 0.4) is 0 Å². The fraction of sp³-hybridized carbons (Fsp3) is 0.414. The minimum atomic E-state index is -1.02. The van der Waals surface area contributed by atoms with E-state index in [0.717, 1.165) is 30.6 Å². The second-order valence-corrected chi connectivity index (χ2v) is 10.2. The molecule has 0 aliphatic carbocycles. The lowest BCUT2D eigenvalue weighted by Gasteiger charge is -2.38. The van der Waals surface area contributed by atoms with E-state index in [9.17, 15) is 9.59 Å². The molecule has 3 aromatic rings. The maximum atomic E-state index is 13.8. The molecule has 1 aliphatic heterocycles. The summed E-state index contributed by atoms with van der Waals surface area (Å²) in [5, 5.41) is 17.1. The molecular formula is C29H35N3O4. The molecule has 1 unspecified atom stereocenters. The quantitative estimate of drug-likeness (QED) is 0.341. The molecule has 1 aliphatic rings. The van der Waals surface area contributed by atoms with Crippen LogP contribution in [0.15, 0.2) is 60.8 Å². The average molecular weight is 490 g/mol. The number of carboxylic acid groups (broad SMARTS) is 1. The maximum absolute atomic E-state index is 13.8. The molecule has 2 N–H and O–H groups in total. The molecule has 0 saturated carbocycles. The Labute approximate surface area is 212 Å². The summed E-state index contributed by atoms with van der Waals surface area (Å²) < 4.78 is 7.24. The van der Waals surface area contributed by atoms with Crippen LogP contribution in [0.2, 0.25) is 0 Å². The van der Waals surface area contributed by atoms with Crippen LogP contribution in [-0.2, 0) is 15.7 Å². The lowest BCUT2D eigenvalue weighted by molar-refractivity contribution is -0.139. The molecule has 1 atom stereocenters. The molecule has 4 rings (SSSR count). The summed E-state index contributed by atoms with van der Waals surface area (Å²) in [7, 11) is 0. The number of ether oxygens (including phenoxy) is 1. The molecule has 2 aromatic carbocycles. The highest BCUT2D eigenvalue weighted by Crippen LogP contribution is 2.42. The number of hydrogen-bond acceptors (Lipinski definition) is 5. The van der Waals surface area contributed by atoms with Gasteiger partial charge in [0, 0.05) is 11.8 Å². The van der Waals surface area contributed by atoms with E-state index in [1.807, 2.05) is 35.0 Å². The molecule has 0 bridgehead atoms. The SMILES string of the molecule is CCC(CC)(CC(=O)c1cnn2c1NC(c1ccccc1)CC2(C)C)c1ccc(OCC(=O)O)cc1. The first-order valence-corrected chi connectivity index (χ1v) is 12.6. The minimum Gasteiger partial charge on any atom is -0.482 e. The van der Waals surface area contributed by atoms with Crippen molar-refractivity contribution < 1.29 is 19.4 Å². The van der Waals surface area contributed by atoms with E-state index in [1.165, 1.54) is 5.56 Å². The standard InChI is InChI=1S/C29H35N3O4/c1-5-29(6-2,21-12-14-22(15-13-21)36-19-26(34)35)17-25(33)23-18-30-32-27(23)31-24(16-28(32,3)4)20-10-8-7-9-11-20/h7-15,18,24,31H,5-6,16-17,19H2,1-4H3,(H,34,35). The van der Waals surface area contributed by atoms with E-state index < -0.39 is 5.97 Å². The summed E-state index contributed by atoms with van der Waals surface area (Å²) in [6, 6.07) is 17.9. The number of benzene rings is 2. The Kier molecular flexibility index (Phi) is 7.20. The second kappa shape index (κ2) is 10.2. The molecule has 190 valence electrons. The van der Waals surface area contributed by atoms with Crippen molar-refractivity contribution in [3.63, 3.8) is 0 Å². The van der Waals surface area contributed by atoms with Gasteiger partial charge in [0.05, 0.1) is 23.3 Å². The molecule has 2 heterocycles. The van der Waals surface area contributed by atoms with Gasteiger partial charge in [0.2, 0.25) is 0 Å².